The van der Waals surface area contributed by atoms with Gasteiger partial charge in [0.25, 0.3) is 0 Å². The van der Waals surface area contributed by atoms with Crippen LogP contribution in [0.3, 0.4) is 0 Å². The summed E-state index contributed by atoms with van der Waals surface area (Å²) >= 11 is 5.93. The number of rotatable bonds is 6. The highest BCUT2D eigenvalue weighted by Gasteiger charge is 2.54. The highest BCUT2D eigenvalue weighted by atomic mass is 35.5. The number of hydrogen-bond donors (Lipinski definition) is 1. The van der Waals surface area contributed by atoms with Crippen LogP contribution in [0.1, 0.15) is 38.6 Å². The molecule has 1 unspecified atom stereocenters. The number of anilines is 2. The number of cyclic esters (lactones) is 1. The summed E-state index contributed by atoms with van der Waals surface area (Å²) in [7, 11) is 0. The van der Waals surface area contributed by atoms with Gasteiger partial charge in [0.2, 0.25) is 17.7 Å². The molecular weight excluding hydrogens is 420 g/mol. The SMILES string of the molecule is C[C@@H](Nc1nccc(N2C(=O)OCC2(C)C2CC2)n1)c1nc(-c2ccc(Cl)cc2)no1. The molecule has 10 heteroatoms. The van der Waals surface area contributed by atoms with E-state index in [0.717, 1.165) is 18.4 Å². The first-order valence-corrected chi connectivity index (χ1v) is 10.5. The van der Waals surface area contributed by atoms with Crippen LogP contribution in [0.4, 0.5) is 16.6 Å². The van der Waals surface area contributed by atoms with E-state index in [-0.39, 0.29) is 17.7 Å². The Balaban J connectivity index is 1.34. The van der Waals surface area contributed by atoms with Gasteiger partial charge in [-0.3, -0.25) is 4.90 Å². The summed E-state index contributed by atoms with van der Waals surface area (Å²) in [5.74, 6) is 2.15. The second-order valence-corrected chi connectivity index (χ2v) is 8.53. The highest BCUT2D eigenvalue weighted by molar-refractivity contribution is 6.30. The Morgan fingerprint density at radius 2 is 2.00 bits per heavy atom. The zero-order valence-electron chi connectivity index (χ0n) is 17.1. The summed E-state index contributed by atoms with van der Waals surface area (Å²) in [6.07, 6.45) is 3.41. The molecule has 1 aliphatic heterocycles. The lowest BCUT2D eigenvalue weighted by Crippen LogP contribution is -2.47. The molecule has 31 heavy (non-hydrogen) atoms. The molecule has 3 heterocycles. The normalized spacial score (nSPS) is 21.8. The highest BCUT2D eigenvalue weighted by Crippen LogP contribution is 2.47. The number of amides is 1. The Kier molecular flexibility index (Phi) is 4.77. The molecule has 0 bridgehead atoms. The zero-order chi connectivity index (χ0) is 21.6. The molecule has 1 amide bonds. The maximum Gasteiger partial charge on any atom is 0.416 e. The summed E-state index contributed by atoms with van der Waals surface area (Å²) in [4.78, 5) is 27.3. The largest absolute Gasteiger partial charge is 0.447 e. The number of halogens is 1. The van der Waals surface area contributed by atoms with Crippen molar-refractivity contribution in [3.63, 3.8) is 0 Å². The predicted octanol–water partition coefficient (Wildman–Crippen LogP) is 4.48. The summed E-state index contributed by atoms with van der Waals surface area (Å²) in [5, 5.41) is 7.84. The zero-order valence-corrected chi connectivity index (χ0v) is 17.8. The third-order valence-electron chi connectivity index (χ3n) is 5.77. The maximum atomic E-state index is 12.4. The fourth-order valence-corrected chi connectivity index (χ4v) is 3.96. The Bertz CT molecular complexity index is 1120. The average molecular weight is 441 g/mol. The van der Waals surface area contributed by atoms with Gasteiger partial charge in [-0.05, 0) is 62.9 Å². The Labute approximate surface area is 183 Å². The lowest BCUT2D eigenvalue weighted by molar-refractivity contribution is 0.172. The minimum Gasteiger partial charge on any atom is -0.447 e. The van der Waals surface area contributed by atoms with E-state index in [0.29, 0.717) is 41.0 Å². The van der Waals surface area contributed by atoms with Crippen molar-refractivity contribution in [3.8, 4) is 11.4 Å². The third-order valence-corrected chi connectivity index (χ3v) is 6.02. The first-order valence-electron chi connectivity index (χ1n) is 10.1. The molecule has 9 nitrogen and oxygen atoms in total. The monoisotopic (exact) mass is 440 g/mol. The second-order valence-electron chi connectivity index (χ2n) is 8.09. The molecule has 0 spiro atoms. The van der Waals surface area contributed by atoms with Gasteiger partial charge in [-0.2, -0.15) is 9.97 Å². The van der Waals surface area contributed by atoms with E-state index in [4.69, 9.17) is 20.9 Å². The molecule has 1 aliphatic carbocycles. The molecule has 1 saturated carbocycles. The van der Waals surface area contributed by atoms with Gasteiger partial charge in [-0.15, -0.1) is 0 Å². The quantitative estimate of drug-likeness (QED) is 0.598. The molecule has 3 aromatic rings. The predicted molar refractivity (Wildman–Crippen MR) is 114 cm³/mol. The molecule has 1 aromatic carbocycles. The molecule has 2 aromatic heterocycles. The van der Waals surface area contributed by atoms with Crippen molar-refractivity contribution in [2.24, 2.45) is 5.92 Å². The number of nitrogens with zero attached hydrogens (tertiary/aromatic N) is 5. The van der Waals surface area contributed by atoms with Gasteiger partial charge in [-0.25, -0.2) is 9.78 Å². The van der Waals surface area contributed by atoms with Gasteiger partial charge >= 0.3 is 6.09 Å². The molecular formula is C21H21ClN6O3. The first-order chi connectivity index (χ1) is 14.9. The van der Waals surface area contributed by atoms with Gasteiger partial charge < -0.3 is 14.6 Å². The standard InChI is InChI=1S/C21H21ClN6O3/c1-12(18-26-17(27-31-18)13-3-7-15(22)8-4-13)24-19-23-10-9-16(25-19)28-20(29)30-11-21(28,2)14-5-6-14/h3-4,7-10,12,14H,5-6,11H2,1-2H3,(H,23,24,25)/t12-,21?/m1/s1. The van der Waals surface area contributed by atoms with E-state index in [1.54, 1.807) is 29.3 Å². The number of carbonyl (C=O) groups is 1. The smallest absolute Gasteiger partial charge is 0.416 e. The summed E-state index contributed by atoms with van der Waals surface area (Å²) in [6, 6.07) is 8.57. The molecule has 2 fully saturated rings. The van der Waals surface area contributed by atoms with Crippen LogP contribution in [0, 0.1) is 5.92 Å². The number of carbonyl (C=O) groups excluding carboxylic acids is 1. The molecule has 1 N–H and O–H groups in total. The summed E-state index contributed by atoms with van der Waals surface area (Å²) < 4.78 is 10.8. The van der Waals surface area contributed by atoms with Crippen LogP contribution in [-0.4, -0.2) is 38.3 Å². The van der Waals surface area contributed by atoms with Crippen molar-refractivity contribution in [2.75, 3.05) is 16.8 Å². The second kappa shape index (κ2) is 7.49. The first kappa shape index (κ1) is 19.7. The van der Waals surface area contributed by atoms with Crippen molar-refractivity contribution >= 4 is 29.5 Å². The van der Waals surface area contributed by atoms with E-state index >= 15 is 0 Å². The average Bonchev–Trinajstić information content (AvgIpc) is 3.43. The topological polar surface area (TPSA) is 106 Å². The number of aromatic nitrogens is 4. The van der Waals surface area contributed by atoms with Crippen molar-refractivity contribution in [1.29, 1.82) is 0 Å². The fourth-order valence-electron chi connectivity index (χ4n) is 3.83. The van der Waals surface area contributed by atoms with Crippen LogP contribution in [0.5, 0.6) is 0 Å². The van der Waals surface area contributed by atoms with Gasteiger partial charge in [0.15, 0.2) is 0 Å². The van der Waals surface area contributed by atoms with Crippen LogP contribution in [-0.2, 0) is 4.74 Å². The van der Waals surface area contributed by atoms with E-state index in [2.05, 4.69) is 25.4 Å². The van der Waals surface area contributed by atoms with Crippen LogP contribution < -0.4 is 10.2 Å². The van der Waals surface area contributed by atoms with Crippen molar-refractivity contribution in [1.82, 2.24) is 20.1 Å². The Morgan fingerprint density at radius 3 is 2.74 bits per heavy atom. The summed E-state index contributed by atoms with van der Waals surface area (Å²) in [6.45, 7) is 4.28. The van der Waals surface area contributed by atoms with E-state index in [1.165, 1.54) is 0 Å². The number of hydrogen-bond acceptors (Lipinski definition) is 8. The van der Waals surface area contributed by atoms with Crippen molar-refractivity contribution in [3.05, 3.63) is 47.4 Å². The Hall–Kier alpha value is -3.20. The molecule has 160 valence electrons. The van der Waals surface area contributed by atoms with Crippen LogP contribution in [0.2, 0.25) is 5.02 Å². The number of ether oxygens (including phenoxy) is 1. The van der Waals surface area contributed by atoms with Crippen LogP contribution in [0.25, 0.3) is 11.4 Å². The van der Waals surface area contributed by atoms with E-state index in [1.807, 2.05) is 26.0 Å². The minimum atomic E-state index is -0.381. The summed E-state index contributed by atoms with van der Waals surface area (Å²) in [5.41, 5.74) is 0.422. The molecule has 0 radical (unpaired) electrons. The molecule has 5 rings (SSSR count). The van der Waals surface area contributed by atoms with Crippen molar-refractivity contribution in [2.45, 2.75) is 38.3 Å². The molecule has 1 saturated heterocycles. The van der Waals surface area contributed by atoms with Gasteiger partial charge in [-0.1, -0.05) is 16.8 Å². The molecule has 2 atom stereocenters. The van der Waals surface area contributed by atoms with E-state index < -0.39 is 0 Å². The van der Waals surface area contributed by atoms with Gasteiger partial charge in [0.1, 0.15) is 18.5 Å². The minimum absolute atomic E-state index is 0.343. The van der Waals surface area contributed by atoms with Gasteiger partial charge in [0, 0.05) is 16.8 Å². The lowest BCUT2D eigenvalue weighted by Gasteiger charge is -2.31. The van der Waals surface area contributed by atoms with Crippen LogP contribution >= 0.6 is 11.6 Å². The molecule has 2 aliphatic rings. The van der Waals surface area contributed by atoms with Gasteiger partial charge in [0.05, 0.1) is 5.54 Å². The number of benzene rings is 1. The van der Waals surface area contributed by atoms with E-state index in [9.17, 15) is 4.79 Å². The third kappa shape index (κ3) is 3.69. The number of nitrogens with one attached hydrogen (secondary N) is 1. The Morgan fingerprint density at radius 1 is 1.23 bits per heavy atom. The maximum absolute atomic E-state index is 12.4. The lowest BCUT2D eigenvalue weighted by atomic mass is 9.96. The van der Waals surface area contributed by atoms with Crippen molar-refractivity contribution < 1.29 is 14.1 Å². The fraction of sp³-hybridized carbons (Fsp3) is 0.381. The van der Waals surface area contributed by atoms with Crippen LogP contribution in [0.15, 0.2) is 41.1 Å².